The van der Waals surface area contributed by atoms with Gasteiger partial charge in [-0.2, -0.15) is 0 Å². The lowest BCUT2D eigenvalue weighted by atomic mass is 10.1. The predicted molar refractivity (Wildman–Crippen MR) is 115 cm³/mol. The van der Waals surface area contributed by atoms with E-state index in [-0.39, 0.29) is 11.8 Å². The zero-order chi connectivity index (χ0) is 20.6. The van der Waals surface area contributed by atoms with E-state index in [1.807, 2.05) is 87.4 Å². The van der Waals surface area contributed by atoms with E-state index in [0.29, 0.717) is 13.1 Å². The van der Waals surface area contributed by atoms with E-state index < -0.39 is 10.0 Å². The highest BCUT2D eigenvalue weighted by Gasteiger charge is 2.15. The van der Waals surface area contributed by atoms with Crippen LogP contribution in [0.5, 0.6) is 0 Å². The Labute approximate surface area is 168 Å². The van der Waals surface area contributed by atoms with Gasteiger partial charge in [-0.05, 0) is 30.5 Å². The fraction of sp³-hybridized carbons (Fsp3) is 0.381. The van der Waals surface area contributed by atoms with E-state index >= 15 is 0 Å². The molecule has 2 N–H and O–H groups in total. The van der Waals surface area contributed by atoms with Crippen LogP contribution in [0.2, 0.25) is 0 Å². The van der Waals surface area contributed by atoms with Crippen LogP contribution in [-0.4, -0.2) is 39.4 Å². The summed E-state index contributed by atoms with van der Waals surface area (Å²) in [5.41, 5.74) is 2.85. The summed E-state index contributed by atoms with van der Waals surface area (Å²) in [7, 11) is 0.485. The summed E-state index contributed by atoms with van der Waals surface area (Å²) in [6.45, 7) is 4.71. The minimum absolute atomic E-state index is 0.0402. The molecule has 28 heavy (non-hydrogen) atoms. The first-order valence-electron chi connectivity index (χ1n) is 9.33. The third-order valence-corrected chi connectivity index (χ3v) is 5.52. The maximum absolute atomic E-state index is 12.3. The van der Waals surface area contributed by atoms with Crippen LogP contribution in [0.1, 0.15) is 30.5 Å². The summed E-state index contributed by atoms with van der Waals surface area (Å²) in [4.78, 5) is 6.57. The van der Waals surface area contributed by atoms with Gasteiger partial charge < -0.3 is 10.2 Å². The lowest BCUT2D eigenvalue weighted by Gasteiger charge is -2.19. The molecule has 2 rings (SSSR count). The SMILES string of the molecule is CC(C)NS(=O)(=O)Cc1ccccc1CNC(=NCc1ccccc1)N(C)C. The second-order valence-electron chi connectivity index (χ2n) is 7.17. The number of hydrogen-bond acceptors (Lipinski definition) is 3. The molecule has 0 saturated heterocycles. The molecule has 0 spiro atoms. The molecule has 0 unspecified atom stereocenters. The molecule has 0 aromatic heterocycles. The lowest BCUT2D eigenvalue weighted by molar-refractivity contribution is 0.568. The Bertz CT molecular complexity index is 878. The smallest absolute Gasteiger partial charge is 0.216 e. The van der Waals surface area contributed by atoms with Crippen molar-refractivity contribution < 1.29 is 8.42 Å². The van der Waals surface area contributed by atoms with Crippen molar-refractivity contribution >= 4 is 16.0 Å². The summed E-state index contributed by atoms with van der Waals surface area (Å²) in [6.07, 6.45) is 0. The average molecular weight is 403 g/mol. The van der Waals surface area contributed by atoms with Gasteiger partial charge in [0.15, 0.2) is 5.96 Å². The van der Waals surface area contributed by atoms with Gasteiger partial charge in [-0.15, -0.1) is 0 Å². The molecule has 6 nitrogen and oxygen atoms in total. The molecule has 0 aliphatic heterocycles. The fourth-order valence-electron chi connectivity index (χ4n) is 2.76. The highest BCUT2D eigenvalue weighted by Crippen LogP contribution is 2.13. The number of hydrogen-bond donors (Lipinski definition) is 2. The van der Waals surface area contributed by atoms with Gasteiger partial charge in [-0.3, -0.25) is 0 Å². The number of benzene rings is 2. The van der Waals surface area contributed by atoms with Gasteiger partial charge in [-0.25, -0.2) is 18.1 Å². The van der Waals surface area contributed by atoms with Gasteiger partial charge in [0, 0.05) is 26.7 Å². The third-order valence-electron chi connectivity index (χ3n) is 3.99. The van der Waals surface area contributed by atoms with Gasteiger partial charge >= 0.3 is 0 Å². The van der Waals surface area contributed by atoms with Gasteiger partial charge in [0.1, 0.15) is 0 Å². The van der Waals surface area contributed by atoms with E-state index in [1.54, 1.807) is 0 Å². The molecule has 0 aliphatic carbocycles. The highest BCUT2D eigenvalue weighted by atomic mass is 32.2. The standard InChI is InChI=1S/C21H30N4O2S/c1-17(2)24-28(26,27)16-20-13-9-8-12-19(20)15-23-21(25(3)4)22-14-18-10-6-5-7-11-18/h5-13,17,24H,14-16H2,1-4H3,(H,22,23). The van der Waals surface area contributed by atoms with E-state index in [9.17, 15) is 8.42 Å². The zero-order valence-corrected chi connectivity index (χ0v) is 17.8. The van der Waals surface area contributed by atoms with Crippen molar-refractivity contribution in [3.8, 4) is 0 Å². The van der Waals surface area contributed by atoms with Gasteiger partial charge in [0.25, 0.3) is 0 Å². The Kier molecular flexibility index (Phi) is 8.02. The normalized spacial score (nSPS) is 12.2. The summed E-state index contributed by atoms with van der Waals surface area (Å²) in [6, 6.07) is 17.5. The monoisotopic (exact) mass is 402 g/mol. The highest BCUT2D eigenvalue weighted by molar-refractivity contribution is 7.88. The fourth-order valence-corrected chi connectivity index (χ4v) is 4.25. The number of rotatable bonds is 8. The van der Waals surface area contributed by atoms with Gasteiger partial charge in [0.05, 0.1) is 12.3 Å². The maximum atomic E-state index is 12.3. The Morgan fingerprint density at radius 3 is 2.21 bits per heavy atom. The van der Waals surface area contributed by atoms with E-state index in [0.717, 1.165) is 22.6 Å². The second-order valence-corrected chi connectivity index (χ2v) is 8.93. The van der Waals surface area contributed by atoms with E-state index in [2.05, 4.69) is 15.0 Å². The third kappa shape index (κ3) is 7.32. The largest absolute Gasteiger partial charge is 0.352 e. The number of guanidine groups is 1. The minimum atomic E-state index is -3.38. The molecule has 0 atom stereocenters. The summed E-state index contributed by atoms with van der Waals surface area (Å²) < 4.78 is 27.2. The second kappa shape index (κ2) is 10.2. The summed E-state index contributed by atoms with van der Waals surface area (Å²) >= 11 is 0. The predicted octanol–water partition coefficient (Wildman–Crippen LogP) is 2.72. The Morgan fingerprint density at radius 2 is 1.61 bits per heavy atom. The minimum Gasteiger partial charge on any atom is -0.352 e. The van der Waals surface area contributed by atoms with Crippen molar-refractivity contribution in [1.29, 1.82) is 0 Å². The van der Waals surface area contributed by atoms with Gasteiger partial charge in [-0.1, -0.05) is 54.6 Å². The summed E-state index contributed by atoms with van der Waals surface area (Å²) in [5.74, 6) is 0.711. The van der Waals surface area contributed by atoms with Crippen LogP contribution in [-0.2, 0) is 28.9 Å². The molecule has 0 bridgehead atoms. The number of aliphatic imine (C=N–C) groups is 1. The van der Waals surface area contributed by atoms with Crippen molar-refractivity contribution in [2.24, 2.45) is 4.99 Å². The molecule has 2 aromatic carbocycles. The molecular formula is C21H30N4O2S. The quantitative estimate of drug-likeness (QED) is 0.526. The Morgan fingerprint density at radius 1 is 1.00 bits per heavy atom. The van der Waals surface area contributed by atoms with Crippen molar-refractivity contribution in [2.45, 2.75) is 38.7 Å². The summed E-state index contributed by atoms with van der Waals surface area (Å²) in [5, 5.41) is 3.33. The van der Waals surface area contributed by atoms with Crippen LogP contribution < -0.4 is 10.0 Å². The molecular weight excluding hydrogens is 372 g/mol. The first-order chi connectivity index (χ1) is 13.3. The van der Waals surface area contributed by atoms with Crippen LogP contribution in [0, 0.1) is 0 Å². The number of nitrogens with zero attached hydrogens (tertiary/aromatic N) is 2. The first kappa shape index (κ1) is 21.9. The lowest BCUT2D eigenvalue weighted by Crippen LogP contribution is -2.36. The zero-order valence-electron chi connectivity index (χ0n) is 17.0. The van der Waals surface area contributed by atoms with E-state index in [4.69, 9.17) is 0 Å². The van der Waals surface area contributed by atoms with Crippen LogP contribution in [0.15, 0.2) is 59.6 Å². The van der Waals surface area contributed by atoms with Crippen LogP contribution in [0.4, 0.5) is 0 Å². The van der Waals surface area contributed by atoms with Crippen LogP contribution >= 0.6 is 0 Å². The molecule has 0 fully saturated rings. The molecule has 0 heterocycles. The molecule has 0 saturated carbocycles. The van der Waals surface area contributed by atoms with Crippen molar-refractivity contribution in [2.75, 3.05) is 14.1 Å². The van der Waals surface area contributed by atoms with E-state index in [1.165, 1.54) is 0 Å². The van der Waals surface area contributed by atoms with Crippen molar-refractivity contribution in [1.82, 2.24) is 14.9 Å². The molecule has 0 aliphatic rings. The van der Waals surface area contributed by atoms with Crippen LogP contribution in [0.25, 0.3) is 0 Å². The molecule has 7 heteroatoms. The topological polar surface area (TPSA) is 73.8 Å². The van der Waals surface area contributed by atoms with Crippen molar-refractivity contribution in [3.05, 3.63) is 71.3 Å². The first-order valence-corrected chi connectivity index (χ1v) is 11.0. The molecule has 2 aromatic rings. The van der Waals surface area contributed by atoms with Gasteiger partial charge in [0.2, 0.25) is 10.0 Å². The van der Waals surface area contributed by atoms with Crippen molar-refractivity contribution in [3.63, 3.8) is 0 Å². The molecule has 0 amide bonds. The molecule has 152 valence electrons. The number of nitrogens with one attached hydrogen (secondary N) is 2. The maximum Gasteiger partial charge on any atom is 0.216 e. The molecule has 0 radical (unpaired) electrons. The average Bonchev–Trinajstić information content (AvgIpc) is 2.62. The number of sulfonamides is 1. The van der Waals surface area contributed by atoms with Crippen LogP contribution in [0.3, 0.4) is 0 Å². The Hall–Kier alpha value is -2.38. The Balaban J connectivity index is 2.09.